The summed E-state index contributed by atoms with van der Waals surface area (Å²) in [6.07, 6.45) is 0. The van der Waals surface area contributed by atoms with Crippen LogP contribution in [-0.2, 0) is 0 Å². The molecule has 0 aliphatic carbocycles. The van der Waals surface area contributed by atoms with Crippen LogP contribution in [0.5, 0.6) is 0 Å². The predicted octanol–water partition coefficient (Wildman–Crippen LogP) is 15.6. The van der Waals surface area contributed by atoms with E-state index in [0.29, 0.717) is 5.82 Å². The Bertz CT molecular complexity index is 3320. The lowest BCUT2D eigenvalue weighted by molar-refractivity contribution is 1.18. The molecule has 11 rings (SSSR count). The summed E-state index contributed by atoms with van der Waals surface area (Å²) in [5.74, 6) is 0.703. The molecular weight excluding hydrogens is 725 g/mol. The first-order valence-electron chi connectivity index (χ1n) is 20.5. The number of rotatable bonds is 7. The minimum atomic E-state index is 0.703. The first kappa shape index (κ1) is 35.2. The average Bonchev–Trinajstić information content (AvgIpc) is 3.34. The maximum Gasteiger partial charge on any atom is 0.160 e. The summed E-state index contributed by atoms with van der Waals surface area (Å²) in [7, 11) is 0. The molecule has 0 atom stereocenters. The Morgan fingerprint density at radius 1 is 0.217 bits per heavy atom. The minimum absolute atomic E-state index is 0.703. The molecule has 280 valence electrons. The third kappa shape index (κ3) is 6.61. The van der Waals surface area contributed by atoms with Gasteiger partial charge >= 0.3 is 0 Å². The molecule has 0 unspecified atom stereocenters. The van der Waals surface area contributed by atoms with Crippen LogP contribution >= 0.6 is 0 Å². The van der Waals surface area contributed by atoms with E-state index in [2.05, 4.69) is 212 Å². The molecule has 0 aliphatic rings. The minimum Gasteiger partial charge on any atom is -0.228 e. The molecular formula is C58H38N2. The zero-order valence-electron chi connectivity index (χ0n) is 32.8. The summed E-state index contributed by atoms with van der Waals surface area (Å²) in [5.41, 5.74) is 14.4. The van der Waals surface area contributed by atoms with Crippen LogP contribution in [-0.4, -0.2) is 9.97 Å². The van der Waals surface area contributed by atoms with Gasteiger partial charge in [0.2, 0.25) is 0 Å². The van der Waals surface area contributed by atoms with Crippen molar-refractivity contribution in [3.05, 3.63) is 231 Å². The van der Waals surface area contributed by atoms with Gasteiger partial charge < -0.3 is 0 Å². The van der Waals surface area contributed by atoms with E-state index < -0.39 is 0 Å². The summed E-state index contributed by atoms with van der Waals surface area (Å²) in [5, 5.41) is 7.61. The van der Waals surface area contributed by atoms with Gasteiger partial charge in [0.05, 0.1) is 11.4 Å². The van der Waals surface area contributed by atoms with E-state index in [1.165, 1.54) is 60.1 Å². The normalized spacial score (nSPS) is 11.3. The Kier molecular flexibility index (Phi) is 8.87. The van der Waals surface area contributed by atoms with Crippen LogP contribution in [0.3, 0.4) is 0 Å². The number of nitrogens with zero attached hydrogens (tertiary/aromatic N) is 2. The van der Waals surface area contributed by atoms with Crippen LogP contribution in [0, 0.1) is 0 Å². The monoisotopic (exact) mass is 762 g/mol. The molecule has 0 N–H and O–H groups in total. The fourth-order valence-electron chi connectivity index (χ4n) is 8.60. The average molecular weight is 763 g/mol. The molecule has 60 heavy (non-hydrogen) atoms. The van der Waals surface area contributed by atoms with Crippen molar-refractivity contribution >= 4 is 32.3 Å². The van der Waals surface area contributed by atoms with Gasteiger partial charge in [0.15, 0.2) is 5.82 Å². The Balaban J connectivity index is 0.928. The van der Waals surface area contributed by atoms with Crippen LogP contribution in [0.15, 0.2) is 231 Å². The fraction of sp³-hybridized carbons (Fsp3) is 0. The maximum atomic E-state index is 5.13. The van der Waals surface area contributed by atoms with Crippen molar-refractivity contribution in [3.8, 4) is 78.4 Å². The van der Waals surface area contributed by atoms with Crippen molar-refractivity contribution in [2.45, 2.75) is 0 Å². The van der Waals surface area contributed by atoms with Gasteiger partial charge in [-0.3, -0.25) is 0 Å². The summed E-state index contributed by atoms with van der Waals surface area (Å²) in [6, 6.07) is 82.4. The van der Waals surface area contributed by atoms with E-state index in [4.69, 9.17) is 9.97 Å². The fourth-order valence-corrected chi connectivity index (χ4v) is 8.60. The molecule has 2 nitrogen and oxygen atoms in total. The van der Waals surface area contributed by atoms with Gasteiger partial charge in [-0.05, 0) is 95.0 Å². The largest absolute Gasteiger partial charge is 0.228 e. The lowest BCUT2D eigenvalue weighted by Gasteiger charge is -2.14. The Hall–Kier alpha value is -7.94. The quantitative estimate of drug-likeness (QED) is 0.119. The number of hydrogen-bond acceptors (Lipinski definition) is 2. The van der Waals surface area contributed by atoms with E-state index in [-0.39, 0.29) is 0 Å². The Morgan fingerprint density at radius 2 is 0.683 bits per heavy atom. The summed E-state index contributed by atoms with van der Waals surface area (Å²) in [4.78, 5) is 10.3. The predicted molar refractivity (Wildman–Crippen MR) is 253 cm³/mol. The molecule has 0 aliphatic heterocycles. The second-order valence-corrected chi connectivity index (χ2v) is 15.4. The first-order chi connectivity index (χ1) is 29.7. The van der Waals surface area contributed by atoms with Crippen molar-refractivity contribution in [3.63, 3.8) is 0 Å². The topological polar surface area (TPSA) is 25.8 Å². The summed E-state index contributed by atoms with van der Waals surface area (Å²) in [6.45, 7) is 0. The van der Waals surface area contributed by atoms with Crippen molar-refractivity contribution in [1.29, 1.82) is 0 Å². The second-order valence-electron chi connectivity index (χ2n) is 15.4. The van der Waals surface area contributed by atoms with E-state index in [1.54, 1.807) is 0 Å². The molecule has 0 fully saturated rings. The van der Waals surface area contributed by atoms with Crippen molar-refractivity contribution in [2.24, 2.45) is 0 Å². The highest BCUT2D eigenvalue weighted by Crippen LogP contribution is 2.40. The second kappa shape index (κ2) is 15.1. The van der Waals surface area contributed by atoms with Gasteiger partial charge in [-0.2, -0.15) is 0 Å². The van der Waals surface area contributed by atoms with Gasteiger partial charge in [0.1, 0.15) is 0 Å². The van der Waals surface area contributed by atoms with Gasteiger partial charge in [-0.25, -0.2) is 9.97 Å². The molecule has 1 aromatic heterocycles. The Labute approximate surface area is 349 Å². The lowest BCUT2D eigenvalue weighted by atomic mass is 9.89. The molecule has 1 heterocycles. The highest BCUT2D eigenvalue weighted by atomic mass is 14.9. The van der Waals surface area contributed by atoms with Gasteiger partial charge in [-0.1, -0.05) is 212 Å². The molecule has 0 saturated heterocycles. The molecule has 0 radical (unpaired) electrons. The van der Waals surface area contributed by atoms with Crippen LogP contribution < -0.4 is 0 Å². The van der Waals surface area contributed by atoms with E-state index in [1.807, 2.05) is 18.2 Å². The number of aromatic nitrogens is 2. The lowest BCUT2D eigenvalue weighted by Crippen LogP contribution is -1.96. The summed E-state index contributed by atoms with van der Waals surface area (Å²) >= 11 is 0. The highest BCUT2D eigenvalue weighted by molar-refractivity contribution is 6.20. The van der Waals surface area contributed by atoms with E-state index in [0.717, 1.165) is 44.8 Å². The summed E-state index contributed by atoms with van der Waals surface area (Å²) < 4.78 is 0. The smallest absolute Gasteiger partial charge is 0.160 e. The van der Waals surface area contributed by atoms with Crippen molar-refractivity contribution in [1.82, 2.24) is 9.97 Å². The maximum absolute atomic E-state index is 5.13. The van der Waals surface area contributed by atoms with Gasteiger partial charge in [-0.15, -0.1) is 0 Å². The SMILES string of the molecule is c1ccc(-c2ccc(-c3cccc(-c4cc(-c5ccc(-c6ccc(-c7c8ccccc8cc8c7ccc7ccccc78)cc6)cc5)nc(-c5ccccc5)n4)c3)cc2)cc1. The standard InChI is InChI=1S/C58H38N2/c1-3-12-39(13-4-1)40-22-24-43(25-23-40)48-18-11-19-50(36-48)56-38-55(59-58(60-56)47-15-5-2-6-16-47)45-30-26-41(27-31-45)42-28-32-46(33-29-42)57-52-21-10-8-17-49(52)37-54-51-20-9-7-14-44(51)34-35-53(54)57/h1-38H. The third-order valence-electron chi connectivity index (χ3n) is 11.7. The molecule has 0 saturated carbocycles. The van der Waals surface area contributed by atoms with Gasteiger partial charge in [0, 0.05) is 16.7 Å². The third-order valence-corrected chi connectivity index (χ3v) is 11.7. The van der Waals surface area contributed by atoms with Crippen molar-refractivity contribution < 1.29 is 0 Å². The zero-order valence-corrected chi connectivity index (χ0v) is 32.8. The van der Waals surface area contributed by atoms with Crippen LogP contribution in [0.1, 0.15) is 0 Å². The number of fused-ring (bicyclic) bond motifs is 4. The molecule has 11 aromatic rings. The molecule has 2 heteroatoms. The van der Waals surface area contributed by atoms with Crippen LogP contribution in [0.4, 0.5) is 0 Å². The zero-order chi connectivity index (χ0) is 39.8. The van der Waals surface area contributed by atoms with Crippen LogP contribution in [0.2, 0.25) is 0 Å². The molecule has 0 amide bonds. The number of hydrogen-bond donors (Lipinski definition) is 0. The van der Waals surface area contributed by atoms with E-state index >= 15 is 0 Å². The molecule has 0 bridgehead atoms. The van der Waals surface area contributed by atoms with Crippen LogP contribution in [0.25, 0.3) is 111 Å². The Morgan fingerprint density at radius 3 is 1.35 bits per heavy atom. The molecule has 10 aromatic carbocycles. The van der Waals surface area contributed by atoms with Crippen molar-refractivity contribution in [2.75, 3.05) is 0 Å². The highest BCUT2D eigenvalue weighted by Gasteiger charge is 2.15. The molecule has 0 spiro atoms. The van der Waals surface area contributed by atoms with Gasteiger partial charge in [0.25, 0.3) is 0 Å². The first-order valence-corrected chi connectivity index (χ1v) is 20.5. The van der Waals surface area contributed by atoms with E-state index in [9.17, 15) is 0 Å². The number of benzene rings is 10.